The monoisotopic (exact) mass is 285 g/mol. The van der Waals surface area contributed by atoms with Gasteiger partial charge in [-0.1, -0.05) is 44.0 Å². The molecule has 1 fully saturated rings. The lowest BCUT2D eigenvalue weighted by atomic mass is 9.56. The van der Waals surface area contributed by atoms with Gasteiger partial charge in [0.2, 0.25) is 0 Å². The van der Waals surface area contributed by atoms with Crippen molar-refractivity contribution in [3.63, 3.8) is 0 Å². The Morgan fingerprint density at radius 3 is 2.67 bits per heavy atom. The molecule has 0 bridgehead atoms. The van der Waals surface area contributed by atoms with Crippen molar-refractivity contribution in [2.45, 2.75) is 45.6 Å². The lowest BCUT2D eigenvalue weighted by Gasteiger charge is -2.53. The average Bonchev–Trinajstić information content (AvgIpc) is 2.32. The second kappa shape index (κ2) is 5.40. The van der Waals surface area contributed by atoms with Crippen LogP contribution in [0.15, 0.2) is 18.2 Å². The quantitative estimate of drug-likeness (QED) is 0.832. The minimum absolute atomic E-state index is 0.240. The summed E-state index contributed by atoms with van der Waals surface area (Å²) < 4.78 is 0. The fraction of sp³-hybridized carbons (Fsp3) is 0.600. The van der Waals surface area contributed by atoms with Gasteiger partial charge in [-0.05, 0) is 54.5 Å². The summed E-state index contributed by atoms with van der Waals surface area (Å²) in [5.74, 6) is 0.498. The van der Waals surface area contributed by atoms with Gasteiger partial charge in [-0.3, -0.25) is 0 Å². The van der Waals surface area contributed by atoms with Crippen LogP contribution in [0.3, 0.4) is 0 Å². The highest BCUT2D eigenvalue weighted by atomic mass is 35.5. The van der Waals surface area contributed by atoms with Crippen molar-refractivity contribution in [2.75, 3.05) is 6.54 Å². The highest BCUT2D eigenvalue weighted by Gasteiger charge is 2.48. The number of nitrogens with one attached hydrogen (secondary N) is 1. The zero-order valence-electron chi connectivity index (χ0n) is 11.3. The van der Waals surface area contributed by atoms with Gasteiger partial charge < -0.3 is 5.32 Å². The molecule has 1 aliphatic carbocycles. The third kappa shape index (κ3) is 2.54. The molecule has 1 aliphatic rings. The van der Waals surface area contributed by atoms with Crippen molar-refractivity contribution in [1.29, 1.82) is 0 Å². The Balaban J connectivity index is 2.14. The molecule has 0 spiro atoms. The van der Waals surface area contributed by atoms with Gasteiger partial charge in [0.25, 0.3) is 0 Å². The molecule has 1 saturated carbocycles. The number of hydrogen-bond acceptors (Lipinski definition) is 1. The molecule has 3 heteroatoms. The van der Waals surface area contributed by atoms with Crippen molar-refractivity contribution in [3.05, 3.63) is 33.8 Å². The van der Waals surface area contributed by atoms with Gasteiger partial charge in [0, 0.05) is 16.1 Å². The maximum atomic E-state index is 6.30. The van der Waals surface area contributed by atoms with Gasteiger partial charge in [0.1, 0.15) is 0 Å². The third-order valence-corrected chi connectivity index (χ3v) is 4.82. The average molecular weight is 286 g/mol. The van der Waals surface area contributed by atoms with Crippen LogP contribution in [0.2, 0.25) is 10.0 Å². The molecule has 1 aromatic rings. The van der Waals surface area contributed by atoms with Gasteiger partial charge in [0.05, 0.1) is 0 Å². The minimum atomic E-state index is 0.240. The molecule has 1 nitrogen and oxygen atoms in total. The number of hydrogen-bond donors (Lipinski definition) is 1. The molecule has 0 saturated heterocycles. The molecule has 0 aliphatic heterocycles. The summed E-state index contributed by atoms with van der Waals surface area (Å²) in [5, 5.41) is 5.23. The Kier molecular flexibility index (Phi) is 4.25. The van der Waals surface area contributed by atoms with E-state index in [1.165, 1.54) is 12.0 Å². The van der Waals surface area contributed by atoms with Crippen molar-refractivity contribution in [2.24, 2.45) is 5.41 Å². The van der Waals surface area contributed by atoms with E-state index >= 15 is 0 Å². The summed E-state index contributed by atoms with van der Waals surface area (Å²) >= 11 is 12.4. The zero-order chi connectivity index (χ0) is 13.3. The van der Waals surface area contributed by atoms with Crippen molar-refractivity contribution < 1.29 is 0 Å². The third-order valence-electron chi connectivity index (χ3n) is 4.24. The summed E-state index contributed by atoms with van der Waals surface area (Å²) in [5.41, 5.74) is 1.44. The molecule has 2 unspecified atom stereocenters. The van der Waals surface area contributed by atoms with E-state index in [4.69, 9.17) is 23.2 Å². The fourth-order valence-corrected chi connectivity index (χ4v) is 3.33. The largest absolute Gasteiger partial charge is 0.313 e. The molecular formula is C15H21Cl2N. The highest BCUT2D eigenvalue weighted by Crippen LogP contribution is 2.54. The first-order valence-electron chi connectivity index (χ1n) is 6.65. The first-order valence-corrected chi connectivity index (χ1v) is 7.40. The number of halogens is 2. The lowest BCUT2D eigenvalue weighted by Crippen LogP contribution is -2.55. The van der Waals surface area contributed by atoms with Crippen molar-refractivity contribution >= 4 is 23.2 Å². The van der Waals surface area contributed by atoms with E-state index in [0.29, 0.717) is 12.0 Å². The first-order chi connectivity index (χ1) is 8.46. The maximum absolute atomic E-state index is 6.30. The normalized spacial score (nSPS) is 25.8. The van der Waals surface area contributed by atoms with Crippen LogP contribution in [0.1, 0.15) is 45.1 Å². The van der Waals surface area contributed by atoms with Crippen molar-refractivity contribution in [3.8, 4) is 0 Å². The van der Waals surface area contributed by atoms with Crippen LogP contribution >= 0.6 is 23.2 Å². The van der Waals surface area contributed by atoms with E-state index in [1.54, 1.807) is 0 Å². The predicted molar refractivity (Wildman–Crippen MR) is 79.7 cm³/mol. The maximum Gasteiger partial charge on any atom is 0.0442 e. The Morgan fingerprint density at radius 1 is 1.33 bits per heavy atom. The van der Waals surface area contributed by atoms with E-state index < -0.39 is 0 Å². The van der Waals surface area contributed by atoms with E-state index in [9.17, 15) is 0 Å². The summed E-state index contributed by atoms with van der Waals surface area (Å²) in [6.07, 6.45) is 2.32. The Bertz CT molecular complexity index is 429. The van der Waals surface area contributed by atoms with Crippen molar-refractivity contribution in [1.82, 2.24) is 5.32 Å². The molecule has 18 heavy (non-hydrogen) atoms. The van der Waals surface area contributed by atoms with Gasteiger partial charge in [-0.15, -0.1) is 0 Å². The summed E-state index contributed by atoms with van der Waals surface area (Å²) in [4.78, 5) is 0. The molecule has 0 radical (unpaired) electrons. The second-order valence-corrected chi connectivity index (χ2v) is 6.63. The molecule has 2 rings (SSSR count). The summed E-state index contributed by atoms with van der Waals surface area (Å²) in [6.45, 7) is 7.91. The molecule has 100 valence electrons. The van der Waals surface area contributed by atoms with E-state index in [1.807, 2.05) is 18.2 Å². The van der Waals surface area contributed by atoms with Gasteiger partial charge in [0.15, 0.2) is 0 Å². The first kappa shape index (κ1) is 14.2. The predicted octanol–water partition coefficient (Wildman–Crippen LogP) is 4.88. The topological polar surface area (TPSA) is 12.0 Å². The zero-order valence-corrected chi connectivity index (χ0v) is 12.8. The Hall–Kier alpha value is -0.240. The Morgan fingerprint density at radius 2 is 2.06 bits per heavy atom. The Labute approximate surface area is 120 Å². The van der Waals surface area contributed by atoms with Crippen LogP contribution in [-0.2, 0) is 0 Å². The minimum Gasteiger partial charge on any atom is -0.313 e. The van der Waals surface area contributed by atoms with Crippen LogP contribution in [0, 0.1) is 5.41 Å². The van der Waals surface area contributed by atoms with Crippen LogP contribution in [0.25, 0.3) is 0 Å². The second-order valence-electron chi connectivity index (χ2n) is 5.78. The van der Waals surface area contributed by atoms with Gasteiger partial charge in [-0.2, -0.15) is 0 Å². The molecule has 0 heterocycles. The lowest BCUT2D eigenvalue weighted by molar-refractivity contribution is 0.0695. The standard InChI is InChI=1S/C15H21Cl2N/c1-4-7-18-14-9-12(15(14,2)3)11-8-10(16)5-6-13(11)17/h5-6,8,12,14,18H,4,7,9H2,1-3H3. The number of rotatable bonds is 4. The van der Waals surface area contributed by atoms with E-state index in [-0.39, 0.29) is 5.41 Å². The molecule has 2 atom stereocenters. The smallest absolute Gasteiger partial charge is 0.0442 e. The van der Waals surface area contributed by atoms with Gasteiger partial charge in [-0.25, -0.2) is 0 Å². The van der Waals surface area contributed by atoms with Crippen LogP contribution < -0.4 is 5.32 Å². The SMILES string of the molecule is CCCNC1CC(c2cc(Cl)ccc2Cl)C1(C)C. The van der Waals surface area contributed by atoms with Crippen LogP contribution in [0.4, 0.5) is 0 Å². The summed E-state index contributed by atoms with van der Waals surface area (Å²) in [7, 11) is 0. The molecule has 1 aromatic carbocycles. The van der Waals surface area contributed by atoms with Crippen LogP contribution in [-0.4, -0.2) is 12.6 Å². The van der Waals surface area contributed by atoms with E-state index in [0.717, 1.165) is 23.0 Å². The highest BCUT2D eigenvalue weighted by molar-refractivity contribution is 6.33. The fourth-order valence-electron chi connectivity index (χ4n) is 2.90. The number of benzene rings is 1. The van der Waals surface area contributed by atoms with E-state index in [2.05, 4.69) is 26.1 Å². The van der Waals surface area contributed by atoms with Crippen LogP contribution in [0.5, 0.6) is 0 Å². The van der Waals surface area contributed by atoms with Gasteiger partial charge >= 0.3 is 0 Å². The molecule has 0 amide bonds. The molecule has 0 aromatic heterocycles. The summed E-state index contributed by atoms with van der Waals surface area (Å²) in [6, 6.07) is 6.36. The molecular weight excluding hydrogens is 265 g/mol. The molecule has 1 N–H and O–H groups in total.